The Labute approximate surface area is 88.4 Å². The minimum absolute atomic E-state index is 0.00722. The number of anilines is 1. The molecule has 1 heterocycles. The monoisotopic (exact) mass is 206 g/mol. The van der Waals surface area contributed by atoms with Crippen molar-refractivity contribution in [2.45, 2.75) is 6.04 Å². The number of benzene rings is 1. The normalized spacial score (nSPS) is 21.2. The van der Waals surface area contributed by atoms with Crippen molar-refractivity contribution in [3.8, 4) is 0 Å². The van der Waals surface area contributed by atoms with Crippen LogP contribution in [0.3, 0.4) is 0 Å². The van der Waals surface area contributed by atoms with Crippen molar-refractivity contribution in [2.24, 2.45) is 0 Å². The van der Waals surface area contributed by atoms with Crippen LogP contribution in [-0.2, 0) is 4.74 Å². The molecular weight excluding hydrogens is 192 g/mol. The lowest BCUT2D eigenvalue weighted by atomic mass is 10.0. The summed E-state index contributed by atoms with van der Waals surface area (Å²) >= 11 is 0. The first-order valence-electron chi connectivity index (χ1n) is 4.99. The predicted octanol–water partition coefficient (Wildman–Crippen LogP) is 0.440. The third-order valence-electron chi connectivity index (χ3n) is 2.46. The molecule has 0 aliphatic carbocycles. The summed E-state index contributed by atoms with van der Waals surface area (Å²) in [5.41, 5.74) is 6.83. The fraction of sp³-hybridized carbons (Fsp3) is 0.364. The number of Topliss-reactive ketones (excluding diaryl/α,β-unsaturated/α-hetero) is 1. The lowest BCUT2D eigenvalue weighted by Gasteiger charge is -2.23. The van der Waals surface area contributed by atoms with E-state index in [0.717, 1.165) is 0 Å². The Hall–Kier alpha value is -1.39. The summed E-state index contributed by atoms with van der Waals surface area (Å²) in [4.78, 5) is 12.0. The average Bonchev–Trinajstić information content (AvgIpc) is 2.30. The first-order valence-corrected chi connectivity index (χ1v) is 4.99. The molecule has 3 N–H and O–H groups in total. The summed E-state index contributed by atoms with van der Waals surface area (Å²) in [6.45, 7) is 1.80. The Morgan fingerprint density at radius 3 is 2.93 bits per heavy atom. The van der Waals surface area contributed by atoms with Crippen molar-refractivity contribution in [3.63, 3.8) is 0 Å². The van der Waals surface area contributed by atoms with Gasteiger partial charge in [0.05, 0.1) is 19.3 Å². The van der Waals surface area contributed by atoms with Gasteiger partial charge in [0.2, 0.25) is 0 Å². The summed E-state index contributed by atoms with van der Waals surface area (Å²) in [5, 5.41) is 3.11. The molecule has 4 heteroatoms. The number of rotatable bonds is 2. The van der Waals surface area contributed by atoms with Gasteiger partial charge in [0.1, 0.15) is 0 Å². The molecule has 2 rings (SSSR count). The van der Waals surface area contributed by atoms with Crippen molar-refractivity contribution in [1.82, 2.24) is 5.32 Å². The Balaban J connectivity index is 2.16. The number of ketones is 1. The van der Waals surface area contributed by atoms with Gasteiger partial charge in [-0.05, 0) is 12.1 Å². The SMILES string of the molecule is Nc1ccccc1C(=O)C1COCCN1. The largest absolute Gasteiger partial charge is 0.398 e. The number of nitrogen functional groups attached to an aromatic ring is 1. The Kier molecular flexibility index (Phi) is 2.99. The van der Waals surface area contributed by atoms with E-state index in [1.165, 1.54) is 0 Å². The number of nitrogens with one attached hydrogen (secondary N) is 1. The van der Waals surface area contributed by atoms with Crippen LogP contribution in [0.25, 0.3) is 0 Å². The van der Waals surface area contributed by atoms with Gasteiger partial charge in [-0.1, -0.05) is 12.1 Å². The second-order valence-corrected chi connectivity index (χ2v) is 3.53. The van der Waals surface area contributed by atoms with E-state index in [4.69, 9.17) is 10.5 Å². The highest BCUT2D eigenvalue weighted by atomic mass is 16.5. The van der Waals surface area contributed by atoms with Gasteiger partial charge in [-0.15, -0.1) is 0 Å². The summed E-state index contributed by atoms with van der Waals surface area (Å²) in [7, 11) is 0. The van der Waals surface area contributed by atoms with Crippen LogP contribution in [0.5, 0.6) is 0 Å². The zero-order valence-corrected chi connectivity index (χ0v) is 8.40. The molecule has 80 valence electrons. The van der Waals surface area contributed by atoms with Gasteiger partial charge in [0.15, 0.2) is 5.78 Å². The third-order valence-corrected chi connectivity index (χ3v) is 2.46. The van der Waals surface area contributed by atoms with E-state index in [1.807, 2.05) is 12.1 Å². The molecule has 0 radical (unpaired) electrons. The van der Waals surface area contributed by atoms with Gasteiger partial charge in [0.25, 0.3) is 0 Å². The zero-order chi connectivity index (χ0) is 10.7. The molecule has 15 heavy (non-hydrogen) atoms. The Bertz CT molecular complexity index is 359. The van der Waals surface area contributed by atoms with E-state index in [9.17, 15) is 4.79 Å². The van der Waals surface area contributed by atoms with Gasteiger partial charge >= 0.3 is 0 Å². The zero-order valence-electron chi connectivity index (χ0n) is 8.40. The smallest absolute Gasteiger partial charge is 0.184 e. The molecule has 0 saturated carbocycles. The molecule has 1 aliphatic heterocycles. The average molecular weight is 206 g/mol. The van der Waals surface area contributed by atoms with E-state index >= 15 is 0 Å². The maximum Gasteiger partial charge on any atom is 0.184 e. The lowest BCUT2D eigenvalue weighted by molar-refractivity contribution is 0.0608. The summed E-state index contributed by atoms with van der Waals surface area (Å²) in [5.74, 6) is 0.00722. The fourth-order valence-corrected chi connectivity index (χ4v) is 1.64. The highest BCUT2D eigenvalue weighted by molar-refractivity contribution is 6.04. The van der Waals surface area contributed by atoms with Crippen LogP contribution in [0.2, 0.25) is 0 Å². The minimum Gasteiger partial charge on any atom is -0.398 e. The molecule has 1 unspecified atom stereocenters. The van der Waals surface area contributed by atoms with Crippen LogP contribution in [0, 0.1) is 0 Å². The van der Waals surface area contributed by atoms with Gasteiger partial charge in [-0.25, -0.2) is 0 Å². The Morgan fingerprint density at radius 2 is 2.27 bits per heavy atom. The summed E-state index contributed by atoms with van der Waals surface area (Å²) in [6, 6.07) is 6.85. The quantitative estimate of drug-likeness (QED) is 0.544. The number of ether oxygens (including phenoxy) is 1. The van der Waals surface area contributed by atoms with Crippen molar-refractivity contribution in [2.75, 3.05) is 25.5 Å². The van der Waals surface area contributed by atoms with E-state index < -0.39 is 0 Å². The maximum absolute atomic E-state index is 12.0. The van der Waals surface area contributed by atoms with Crippen LogP contribution in [0.1, 0.15) is 10.4 Å². The van der Waals surface area contributed by atoms with Gasteiger partial charge in [-0.3, -0.25) is 4.79 Å². The van der Waals surface area contributed by atoms with Crippen molar-refractivity contribution < 1.29 is 9.53 Å². The minimum atomic E-state index is -0.261. The van der Waals surface area contributed by atoms with Crippen LogP contribution in [0.15, 0.2) is 24.3 Å². The molecule has 0 spiro atoms. The maximum atomic E-state index is 12.0. The predicted molar refractivity (Wildman–Crippen MR) is 57.8 cm³/mol. The second kappa shape index (κ2) is 4.42. The molecule has 1 atom stereocenters. The molecule has 1 aromatic rings. The summed E-state index contributed by atoms with van der Waals surface area (Å²) in [6.07, 6.45) is 0. The number of hydrogen-bond donors (Lipinski definition) is 2. The van der Waals surface area contributed by atoms with Gasteiger partial charge in [0, 0.05) is 17.8 Å². The van der Waals surface area contributed by atoms with Crippen LogP contribution in [0.4, 0.5) is 5.69 Å². The number of hydrogen-bond acceptors (Lipinski definition) is 4. The first-order chi connectivity index (χ1) is 7.29. The standard InChI is InChI=1S/C11H14N2O2/c12-9-4-2-1-3-8(9)11(14)10-7-15-6-5-13-10/h1-4,10,13H,5-7,12H2. The fourth-order valence-electron chi connectivity index (χ4n) is 1.64. The van der Waals surface area contributed by atoms with Crippen LogP contribution < -0.4 is 11.1 Å². The van der Waals surface area contributed by atoms with E-state index in [-0.39, 0.29) is 11.8 Å². The molecule has 1 saturated heterocycles. The molecule has 1 aromatic carbocycles. The number of para-hydroxylation sites is 1. The number of carbonyl (C=O) groups is 1. The number of morpholine rings is 1. The summed E-state index contributed by atoms with van der Waals surface area (Å²) < 4.78 is 5.24. The van der Waals surface area contributed by atoms with Crippen LogP contribution >= 0.6 is 0 Å². The third kappa shape index (κ3) is 2.16. The van der Waals surface area contributed by atoms with E-state index in [0.29, 0.717) is 31.0 Å². The number of carbonyl (C=O) groups excluding carboxylic acids is 1. The second-order valence-electron chi connectivity index (χ2n) is 3.53. The topological polar surface area (TPSA) is 64.4 Å². The molecule has 1 fully saturated rings. The van der Waals surface area contributed by atoms with Crippen molar-refractivity contribution in [1.29, 1.82) is 0 Å². The van der Waals surface area contributed by atoms with E-state index in [1.54, 1.807) is 12.1 Å². The molecule has 4 nitrogen and oxygen atoms in total. The molecular formula is C11H14N2O2. The lowest BCUT2D eigenvalue weighted by Crippen LogP contribution is -2.46. The van der Waals surface area contributed by atoms with Crippen molar-refractivity contribution >= 4 is 11.5 Å². The molecule has 0 bridgehead atoms. The molecule has 0 amide bonds. The van der Waals surface area contributed by atoms with Gasteiger partial charge < -0.3 is 15.8 Å². The first kappa shape index (κ1) is 10.1. The van der Waals surface area contributed by atoms with E-state index in [2.05, 4.69) is 5.32 Å². The molecule has 0 aromatic heterocycles. The molecule has 1 aliphatic rings. The van der Waals surface area contributed by atoms with Gasteiger partial charge in [-0.2, -0.15) is 0 Å². The highest BCUT2D eigenvalue weighted by Crippen LogP contribution is 2.13. The van der Waals surface area contributed by atoms with Crippen molar-refractivity contribution in [3.05, 3.63) is 29.8 Å². The van der Waals surface area contributed by atoms with Crippen LogP contribution in [-0.4, -0.2) is 31.6 Å². The number of nitrogens with two attached hydrogens (primary N) is 1. The highest BCUT2D eigenvalue weighted by Gasteiger charge is 2.23. The Morgan fingerprint density at radius 1 is 1.47 bits per heavy atom.